The van der Waals surface area contributed by atoms with Crippen LogP contribution in [0.25, 0.3) is 5.57 Å². The van der Waals surface area contributed by atoms with Crippen LogP contribution >= 0.6 is 11.8 Å². The molecule has 3 atom stereocenters. The van der Waals surface area contributed by atoms with Gasteiger partial charge in [0.2, 0.25) is 0 Å². The van der Waals surface area contributed by atoms with Crippen molar-refractivity contribution >= 4 is 63.4 Å². The van der Waals surface area contributed by atoms with Crippen molar-refractivity contribution in [1.82, 2.24) is 0 Å². The maximum absolute atomic E-state index is 2.85. The normalized spacial score (nSPS) is 25.4. The monoisotopic (exact) mass is 929 g/mol. The van der Waals surface area contributed by atoms with Gasteiger partial charge in [0.1, 0.15) is 0 Å². The Morgan fingerprint density at radius 2 is 1.19 bits per heavy atom. The van der Waals surface area contributed by atoms with E-state index in [9.17, 15) is 0 Å². The number of hydrogen-bond acceptors (Lipinski definition) is 3. The number of benzene rings is 4. The van der Waals surface area contributed by atoms with E-state index in [2.05, 4.69) is 223 Å². The highest BCUT2D eigenvalue weighted by atomic mass is 32.2. The summed E-state index contributed by atoms with van der Waals surface area (Å²) in [5.41, 5.74) is 26.3. The molecule has 4 aliphatic carbocycles. The average molecular weight is 929 g/mol. The SMILES string of the molecule is CC1(C)CCC(C)(C)C2=CC3C4=C(SC3C=C21)B1c2ccc3c5c2N(c2ccc(C(C)(C)C)cc2[C@@]5(C)CCC3(C)C)c2cc(C(C)(C)C)cc(c21)N4c1ccc(C(C)(C)C)cc1C1=CCCC=C1. The van der Waals surface area contributed by atoms with Gasteiger partial charge < -0.3 is 9.80 Å². The van der Waals surface area contributed by atoms with Gasteiger partial charge in [-0.2, -0.15) is 0 Å². The summed E-state index contributed by atoms with van der Waals surface area (Å²) in [4.78, 5) is 7.22. The first kappa shape index (κ1) is 45.7. The quantitative estimate of drug-likeness (QED) is 0.185. The van der Waals surface area contributed by atoms with Crippen molar-refractivity contribution in [1.29, 1.82) is 0 Å². The molecule has 0 N–H and O–H groups in total. The fraction of sp³-hybridized carbons (Fsp3) is 0.477. The Kier molecular flexibility index (Phi) is 9.53. The Hall–Kier alpha value is -4.41. The van der Waals surface area contributed by atoms with Gasteiger partial charge in [0, 0.05) is 44.9 Å². The minimum Gasteiger partial charge on any atom is -0.313 e. The molecule has 0 saturated heterocycles. The smallest absolute Gasteiger partial charge is 0.259 e. The van der Waals surface area contributed by atoms with E-state index < -0.39 is 0 Å². The first-order valence-electron chi connectivity index (χ1n) is 26.7. The maximum atomic E-state index is 2.85. The summed E-state index contributed by atoms with van der Waals surface area (Å²) in [7, 11) is 0. The Morgan fingerprint density at radius 3 is 1.83 bits per heavy atom. The first-order chi connectivity index (χ1) is 32.2. The molecule has 0 amide bonds. The summed E-state index contributed by atoms with van der Waals surface area (Å²) in [6, 6.07) is 25.7. The van der Waals surface area contributed by atoms with Crippen LogP contribution in [0.1, 0.15) is 188 Å². The van der Waals surface area contributed by atoms with Gasteiger partial charge in [-0.3, -0.25) is 0 Å². The van der Waals surface area contributed by atoms with Crippen LogP contribution in [0.15, 0.2) is 113 Å². The molecule has 4 heterocycles. The molecule has 2 unspecified atom stereocenters. The molecule has 69 heavy (non-hydrogen) atoms. The molecule has 0 spiro atoms. The molecule has 0 bridgehead atoms. The van der Waals surface area contributed by atoms with Crippen molar-refractivity contribution in [3.8, 4) is 0 Å². The Balaban J connectivity index is 1.22. The van der Waals surface area contributed by atoms with E-state index >= 15 is 0 Å². The van der Waals surface area contributed by atoms with Gasteiger partial charge in [0.25, 0.3) is 6.71 Å². The average Bonchev–Trinajstić information content (AvgIpc) is 3.66. The van der Waals surface area contributed by atoms with E-state index in [-0.39, 0.29) is 50.5 Å². The van der Waals surface area contributed by atoms with Crippen LogP contribution in [-0.4, -0.2) is 12.0 Å². The van der Waals surface area contributed by atoms with Gasteiger partial charge in [-0.25, -0.2) is 0 Å². The maximum Gasteiger partial charge on any atom is 0.259 e. The molecule has 4 aliphatic heterocycles. The van der Waals surface area contributed by atoms with Crippen molar-refractivity contribution < 1.29 is 0 Å². The van der Waals surface area contributed by atoms with Gasteiger partial charge in [0.05, 0.1) is 11.4 Å². The van der Waals surface area contributed by atoms with Gasteiger partial charge in [-0.05, 0) is 167 Å². The molecular formula is C65H77BN2S. The second kappa shape index (κ2) is 14.4. The highest BCUT2D eigenvalue weighted by molar-refractivity contribution is 8.06. The van der Waals surface area contributed by atoms with E-state index in [0.29, 0.717) is 5.25 Å². The van der Waals surface area contributed by atoms with Crippen molar-refractivity contribution in [3.63, 3.8) is 0 Å². The zero-order chi connectivity index (χ0) is 48.9. The van der Waals surface area contributed by atoms with Crippen LogP contribution < -0.4 is 20.7 Å². The fourth-order valence-corrected chi connectivity index (χ4v) is 15.7. The van der Waals surface area contributed by atoms with Crippen LogP contribution in [0.4, 0.5) is 28.4 Å². The topological polar surface area (TPSA) is 6.48 Å². The van der Waals surface area contributed by atoms with Gasteiger partial charge in [-0.1, -0.05) is 171 Å². The van der Waals surface area contributed by atoms with E-state index in [0.717, 1.165) is 19.3 Å². The summed E-state index contributed by atoms with van der Waals surface area (Å²) >= 11 is 2.21. The summed E-state index contributed by atoms with van der Waals surface area (Å²) in [6.45, 7) is 39.4. The second-order valence-corrected chi connectivity index (χ2v) is 29.0. The van der Waals surface area contributed by atoms with Gasteiger partial charge in [-0.15, -0.1) is 11.8 Å². The predicted octanol–water partition coefficient (Wildman–Crippen LogP) is 16.7. The first-order valence-corrected chi connectivity index (χ1v) is 27.6. The van der Waals surface area contributed by atoms with Crippen LogP contribution in [0, 0.1) is 16.7 Å². The van der Waals surface area contributed by atoms with Crippen LogP contribution in [0.2, 0.25) is 0 Å². The Bertz CT molecular complexity index is 3100. The zero-order valence-electron chi connectivity index (χ0n) is 44.9. The Labute approximate surface area is 421 Å². The fourth-order valence-electron chi connectivity index (χ4n) is 14.1. The summed E-state index contributed by atoms with van der Waals surface area (Å²) in [6.07, 6.45) is 19.9. The highest BCUT2D eigenvalue weighted by Crippen LogP contribution is 2.65. The lowest BCUT2D eigenvalue weighted by atomic mass is 9.35. The number of allylic oxidation sites excluding steroid dienone is 7. The third-order valence-corrected chi connectivity index (χ3v) is 20.0. The number of fused-ring (bicyclic) bond motifs is 9. The third kappa shape index (κ3) is 6.50. The Morgan fingerprint density at radius 1 is 0.580 bits per heavy atom. The lowest BCUT2D eigenvalue weighted by Gasteiger charge is -2.54. The molecule has 0 radical (unpaired) electrons. The number of anilines is 5. The van der Waals surface area contributed by atoms with E-state index in [4.69, 9.17) is 0 Å². The molecule has 0 aromatic heterocycles. The standard InChI is InChI=1S/C65H77BN2S/c1-59(2,3)39-22-26-49(42(32-39)38-20-18-17-19-21-38)67-51-34-41(61(7,8)9)35-52-55(51)66(58-56(67)43-36-45-46(37-53(43)69-58)64(14,15)29-28-63(45,12)13)48-25-24-44-54-57(48)68(52)50-27-23-40(60(4,5)6)33-47(50)65(54,16)31-30-62(44,10)11/h18,20-27,32-37,43,53H,17,19,28-31H2,1-16H3/t43?,53?,65-/m1/s1. The third-order valence-electron chi connectivity index (χ3n) is 18.6. The van der Waals surface area contributed by atoms with Crippen LogP contribution in [0.3, 0.4) is 0 Å². The van der Waals surface area contributed by atoms with Crippen molar-refractivity contribution in [3.05, 3.63) is 152 Å². The van der Waals surface area contributed by atoms with Gasteiger partial charge in [0.15, 0.2) is 0 Å². The number of thioether (sulfide) groups is 1. The van der Waals surface area contributed by atoms with Crippen molar-refractivity contribution in [2.45, 2.75) is 182 Å². The molecule has 4 aromatic carbocycles. The predicted molar refractivity (Wildman–Crippen MR) is 301 cm³/mol. The lowest BCUT2D eigenvalue weighted by molar-refractivity contribution is 0.255. The molecule has 4 heteroatoms. The van der Waals surface area contributed by atoms with E-state index in [1.54, 1.807) is 27.1 Å². The number of nitrogens with zero attached hydrogens (tertiary/aromatic N) is 2. The van der Waals surface area contributed by atoms with E-state index in [1.165, 1.54) is 97.7 Å². The largest absolute Gasteiger partial charge is 0.313 e. The van der Waals surface area contributed by atoms with Crippen molar-refractivity contribution in [2.24, 2.45) is 16.7 Å². The number of hydrogen-bond donors (Lipinski definition) is 0. The molecule has 4 aromatic rings. The second-order valence-electron chi connectivity index (χ2n) is 27.8. The summed E-state index contributed by atoms with van der Waals surface area (Å²) < 4.78 is 0. The minimum absolute atomic E-state index is 0.0119. The molecular weight excluding hydrogens is 852 g/mol. The zero-order valence-corrected chi connectivity index (χ0v) is 45.8. The minimum atomic E-state index is -0.105. The lowest BCUT2D eigenvalue weighted by Crippen LogP contribution is -2.58. The molecule has 8 aliphatic rings. The molecule has 1 fully saturated rings. The molecule has 12 rings (SSSR count). The van der Waals surface area contributed by atoms with Crippen LogP contribution in [0.5, 0.6) is 0 Å². The number of rotatable bonds is 2. The molecule has 2 nitrogen and oxygen atoms in total. The van der Waals surface area contributed by atoms with Crippen molar-refractivity contribution in [2.75, 3.05) is 9.80 Å². The molecule has 1 saturated carbocycles. The summed E-state index contributed by atoms with van der Waals surface area (Å²) in [5, 5.41) is 0.322. The van der Waals surface area contributed by atoms with E-state index in [1.807, 2.05) is 0 Å². The molecule has 356 valence electrons. The van der Waals surface area contributed by atoms with Crippen LogP contribution in [-0.2, 0) is 27.1 Å². The highest BCUT2D eigenvalue weighted by Gasteiger charge is 2.57. The summed E-state index contributed by atoms with van der Waals surface area (Å²) in [5.74, 6) is 0.241. The van der Waals surface area contributed by atoms with Gasteiger partial charge >= 0.3 is 0 Å².